The van der Waals surface area contributed by atoms with Crippen molar-refractivity contribution < 1.29 is 14.3 Å². The van der Waals surface area contributed by atoms with Crippen LogP contribution in [0.2, 0.25) is 0 Å². The summed E-state index contributed by atoms with van der Waals surface area (Å²) in [6.07, 6.45) is 9.46. The maximum atomic E-state index is 12.7. The normalized spacial score (nSPS) is 32.0. The second-order valence-corrected chi connectivity index (χ2v) is 7.61. The Balaban J connectivity index is 0.00000208. The van der Waals surface area contributed by atoms with Crippen LogP contribution in [0.25, 0.3) is 0 Å². The van der Waals surface area contributed by atoms with E-state index in [-0.39, 0.29) is 47.6 Å². The highest BCUT2D eigenvalue weighted by Gasteiger charge is 2.57. The number of carbonyl (C=O) groups excluding carboxylic acids is 2. The zero-order chi connectivity index (χ0) is 16.3. The van der Waals surface area contributed by atoms with E-state index in [2.05, 4.69) is 10.6 Å². The van der Waals surface area contributed by atoms with Gasteiger partial charge >= 0.3 is 5.97 Å². The summed E-state index contributed by atoms with van der Waals surface area (Å²) in [6, 6.07) is -0.0467. The van der Waals surface area contributed by atoms with Crippen LogP contribution < -0.4 is 10.6 Å². The van der Waals surface area contributed by atoms with Gasteiger partial charge in [-0.05, 0) is 50.6 Å². The van der Waals surface area contributed by atoms with Crippen molar-refractivity contribution in [3.63, 3.8) is 0 Å². The molecule has 24 heavy (non-hydrogen) atoms. The van der Waals surface area contributed by atoms with Gasteiger partial charge < -0.3 is 15.4 Å². The zero-order valence-corrected chi connectivity index (χ0v) is 15.5. The van der Waals surface area contributed by atoms with Gasteiger partial charge in [0.1, 0.15) is 0 Å². The van der Waals surface area contributed by atoms with Crippen LogP contribution in [-0.4, -0.2) is 38.1 Å². The number of rotatable bonds is 3. The summed E-state index contributed by atoms with van der Waals surface area (Å²) in [7, 11) is 1.45. The molecule has 138 valence electrons. The monoisotopic (exact) mass is 358 g/mol. The van der Waals surface area contributed by atoms with Crippen LogP contribution >= 0.6 is 12.4 Å². The van der Waals surface area contributed by atoms with Crippen molar-refractivity contribution in [2.45, 2.75) is 63.8 Å². The molecule has 0 bridgehead atoms. The van der Waals surface area contributed by atoms with Crippen molar-refractivity contribution in [2.24, 2.45) is 17.3 Å². The van der Waals surface area contributed by atoms with Crippen LogP contribution in [0.5, 0.6) is 0 Å². The maximum absolute atomic E-state index is 12.7. The lowest BCUT2D eigenvalue weighted by molar-refractivity contribution is -0.147. The molecule has 3 atom stereocenters. The van der Waals surface area contributed by atoms with Gasteiger partial charge in [0.2, 0.25) is 5.91 Å². The summed E-state index contributed by atoms with van der Waals surface area (Å²) >= 11 is 0. The van der Waals surface area contributed by atoms with Gasteiger partial charge in [-0.1, -0.05) is 25.7 Å². The number of piperidine rings is 1. The number of methoxy groups -OCH3 is 1. The molecule has 3 aliphatic rings. The quantitative estimate of drug-likeness (QED) is 0.760. The number of esters is 1. The maximum Gasteiger partial charge on any atom is 0.310 e. The highest BCUT2D eigenvalue weighted by molar-refractivity contribution is 5.85. The molecule has 0 radical (unpaired) electrons. The lowest BCUT2D eigenvalue weighted by Gasteiger charge is -2.29. The third-order valence-electron chi connectivity index (χ3n) is 6.20. The molecule has 1 spiro atoms. The van der Waals surface area contributed by atoms with Crippen LogP contribution in [0.15, 0.2) is 0 Å². The molecule has 2 aliphatic carbocycles. The van der Waals surface area contributed by atoms with E-state index >= 15 is 0 Å². The third-order valence-corrected chi connectivity index (χ3v) is 6.20. The van der Waals surface area contributed by atoms with E-state index in [4.69, 9.17) is 4.74 Å². The predicted molar refractivity (Wildman–Crippen MR) is 95.0 cm³/mol. The lowest BCUT2D eigenvalue weighted by Crippen LogP contribution is -2.45. The summed E-state index contributed by atoms with van der Waals surface area (Å²) < 4.78 is 4.99. The molecule has 2 N–H and O–H groups in total. The SMILES string of the molecule is COC(=O)C1CCCCCCC1NC(=O)C1CC12CCNCC2.Cl. The molecule has 1 aliphatic heterocycles. The average molecular weight is 359 g/mol. The minimum Gasteiger partial charge on any atom is -0.469 e. The van der Waals surface area contributed by atoms with E-state index in [1.807, 2.05) is 0 Å². The van der Waals surface area contributed by atoms with Crippen molar-refractivity contribution in [3.8, 4) is 0 Å². The zero-order valence-electron chi connectivity index (χ0n) is 14.6. The Hall–Kier alpha value is -0.810. The Morgan fingerprint density at radius 1 is 1.08 bits per heavy atom. The van der Waals surface area contributed by atoms with Gasteiger partial charge in [-0.3, -0.25) is 9.59 Å². The van der Waals surface area contributed by atoms with Crippen molar-refractivity contribution in [1.29, 1.82) is 0 Å². The van der Waals surface area contributed by atoms with E-state index in [0.717, 1.165) is 58.0 Å². The van der Waals surface area contributed by atoms with Gasteiger partial charge in [-0.2, -0.15) is 0 Å². The Kier molecular flexibility index (Phi) is 6.93. The third kappa shape index (κ3) is 4.23. The van der Waals surface area contributed by atoms with Crippen LogP contribution in [-0.2, 0) is 14.3 Å². The molecule has 0 aromatic heterocycles. The molecule has 3 fully saturated rings. The molecule has 1 saturated heterocycles. The number of hydrogen-bond acceptors (Lipinski definition) is 4. The van der Waals surface area contributed by atoms with Gasteiger partial charge in [-0.15, -0.1) is 12.4 Å². The van der Waals surface area contributed by atoms with Crippen molar-refractivity contribution >= 4 is 24.3 Å². The number of carbonyl (C=O) groups is 2. The molecule has 1 heterocycles. The first-order valence-electron chi connectivity index (χ1n) is 9.25. The minimum absolute atomic E-state index is 0. The molecule has 3 unspecified atom stereocenters. The molecular weight excluding hydrogens is 328 g/mol. The van der Waals surface area contributed by atoms with Crippen LogP contribution in [0.3, 0.4) is 0 Å². The summed E-state index contributed by atoms with van der Waals surface area (Å²) in [5, 5.41) is 6.60. The summed E-state index contributed by atoms with van der Waals surface area (Å²) in [5.41, 5.74) is 0.248. The Labute approximate surface area is 151 Å². The molecule has 6 heteroatoms. The number of ether oxygens (including phenoxy) is 1. The van der Waals surface area contributed by atoms with Crippen LogP contribution in [0.4, 0.5) is 0 Å². The topological polar surface area (TPSA) is 67.4 Å². The lowest BCUT2D eigenvalue weighted by atomic mass is 9.86. The van der Waals surface area contributed by atoms with Gasteiger partial charge in [0.05, 0.1) is 13.0 Å². The fourth-order valence-electron chi connectivity index (χ4n) is 4.57. The minimum atomic E-state index is -0.174. The fourth-order valence-corrected chi connectivity index (χ4v) is 4.57. The molecular formula is C18H31ClN2O3. The molecule has 1 amide bonds. The number of nitrogens with one attached hydrogen (secondary N) is 2. The molecule has 3 rings (SSSR count). The van der Waals surface area contributed by atoms with Gasteiger partial charge in [-0.25, -0.2) is 0 Å². The Morgan fingerprint density at radius 2 is 1.75 bits per heavy atom. The standard InChI is InChI=1S/C18H30N2O3.ClH/c1-23-17(22)13-6-4-2-3-5-7-15(13)20-16(21)14-12-18(14)8-10-19-11-9-18;/h13-15,19H,2-12H2,1H3,(H,20,21);1H. The highest BCUT2D eigenvalue weighted by atomic mass is 35.5. The summed E-state index contributed by atoms with van der Waals surface area (Å²) in [6.45, 7) is 2.05. The molecule has 5 nitrogen and oxygen atoms in total. The molecule has 0 aromatic rings. The number of halogens is 1. The average Bonchev–Trinajstić information content (AvgIpc) is 3.23. The van der Waals surface area contributed by atoms with Gasteiger partial charge in [0.25, 0.3) is 0 Å². The van der Waals surface area contributed by atoms with E-state index in [0.29, 0.717) is 0 Å². The number of hydrogen-bond donors (Lipinski definition) is 2. The second-order valence-electron chi connectivity index (χ2n) is 7.61. The fraction of sp³-hybridized carbons (Fsp3) is 0.889. The number of amides is 1. The van der Waals surface area contributed by atoms with Gasteiger partial charge in [0.15, 0.2) is 0 Å². The first kappa shape index (κ1) is 19.5. The van der Waals surface area contributed by atoms with Crippen LogP contribution in [0.1, 0.15) is 57.8 Å². The largest absolute Gasteiger partial charge is 0.469 e. The van der Waals surface area contributed by atoms with E-state index in [9.17, 15) is 9.59 Å². The van der Waals surface area contributed by atoms with Crippen molar-refractivity contribution in [3.05, 3.63) is 0 Å². The smallest absolute Gasteiger partial charge is 0.310 e. The molecule has 0 aromatic carbocycles. The summed E-state index contributed by atoms with van der Waals surface area (Å²) in [4.78, 5) is 24.8. The van der Waals surface area contributed by atoms with Gasteiger partial charge in [0, 0.05) is 12.0 Å². The van der Waals surface area contributed by atoms with Crippen molar-refractivity contribution in [1.82, 2.24) is 10.6 Å². The second kappa shape index (κ2) is 8.52. The first-order chi connectivity index (χ1) is 11.2. The van der Waals surface area contributed by atoms with Crippen LogP contribution in [0, 0.1) is 17.3 Å². The Bertz CT molecular complexity index is 452. The predicted octanol–water partition coefficient (Wildman–Crippen LogP) is 2.43. The van der Waals surface area contributed by atoms with E-state index < -0.39 is 0 Å². The van der Waals surface area contributed by atoms with Crippen molar-refractivity contribution in [2.75, 3.05) is 20.2 Å². The summed E-state index contributed by atoms with van der Waals surface area (Å²) in [5.74, 6) is -0.00346. The first-order valence-corrected chi connectivity index (χ1v) is 9.25. The van der Waals surface area contributed by atoms with E-state index in [1.165, 1.54) is 20.0 Å². The highest BCUT2D eigenvalue weighted by Crippen LogP contribution is 2.58. The van der Waals surface area contributed by atoms with E-state index in [1.54, 1.807) is 0 Å². The Morgan fingerprint density at radius 3 is 2.42 bits per heavy atom. The molecule has 2 saturated carbocycles.